The van der Waals surface area contributed by atoms with Crippen LogP contribution in [0.25, 0.3) is 0 Å². The molecule has 0 fully saturated rings. The molecule has 1 aromatic rings. The molecule has 0 aliphatic rings. The number of esters is 1. The highest BCUT2D eigenvalue weighted by Crippen LogP contribution is 2.28. The molecule has 7 heteroatoms. The Morgan fingerprint density at radius 1 is 1.42 bits per heavy atom. The SMILES string of the molecule is CCOC(=O)Cc1c(CCl)cc(F)cc1OC(F)F. The van der Waals surface area contributed by atoms with Crippen LogP contribution in [0.5, 0.6) is 5.75 Å². The molecule has 0 saturated heterocycles. The van der Waals surface area contributed by atoms with Gasteiger partial charge in [0, 0.05) is 17.5 Å². The third kappa shape index (κ3) is 4.63. The van der Waals surface area contributed by atoms with E-state index in [0.717, 1.165) is 12.1 Å². The van der Waals surface area contributed by atoms with Crippen molar-refractivity contribution in [3.8, 4) is 5.75 Å². The third-order valence-corrected chi connectivity index (χ3v) is 2.54. The van der Waals surface area contributed by atoms with E-state index < -0.39 is 24.1 Å². The molecule has 0 aliphatic carbocycles. The summed E-state index contributed by atoms with van der Waals surface area (Å²) in [7, 11) is 0. The van der Waals surface area contributed by atoms with Crippen molar-refractivity contribution in [1.82, 2.24) is 0 Å². The second-order valence-electron chi connectivity index (χ2n) is 3.54. The zero-order valence-corrected chi connectivity index (χ0v) is 10.8. The number of hydrogen-bond donors (Lipinski definition) is 0. The van der Waals surface area contributed by atoms with Crippen molar-refractivity contribution in [3.63, 3.8) is 0 Å². The van der Waals surface area contributed by atoms with E-state index in [0.29, 0.717) is 0 Å². The normalized spacial score (nSPS) is 10.6. The Morgan fingerprint density at radius 2 is 2.11 bits per heavy atom. The summed E-state index contributed by atoms with van der Waals surface area (Å²) in [6.45, 7) is -1.35. The van der Waals surface area contributed by atoms with E-state index in [1.54, 1.807) is 6.92 Å². The van der Waals surface area contributed by atoms with Gasteiger partial charge in [-0.15, -0.1) is 11.6 Å². The summed E-state index contributed by atoms with van der Waals surface area (Å²) in [5.74, 6) is -1.93. The van der Waals surface area contributed by atoms with Gasteiger partial charge in [0.15, 0.2) is 0 Å². The zero-order chi connectivity index (χ0) is 14.4. The fraction of sp³-hybridized carbons (Fsp3) is 0.417. The smallest absolute Gasteiger partial charge is 0.387 e. The van der Waals surface area contributed by atoms with Crippen molar-refractivity contribution in [3.05, 3.63) is 29.1 Å². The molecule has 0 spiro atoms. The van der Waals surface area contributed by atoms with Gasteiger partial charge in [-0.05, 0) is 18.6 Å². The summed E-state index contributed by atoms with van der Waals surface area (Å²) in [5.41, 5.74) is 0.320. The largest absolute Gasteiger partial charge is 0.466 e. The minimum atomic E-state index is -3.12. The topological polar surface area (TPSA) is 35.5 Å². The fourth-order valence-corrected chi connectivity index (χ4v) is 1.78. The summed E-state index contributed by atoms with van der Waals surface area (Å²) in [6.07, 6.45) is -0.307. The Hall–Kier alpha value is -1.43. The molecule has 3 nitrogen and oxygen atoms in total. The van der Waals surface area contributed by atoms with Gasteiger partial charge in [-0.25, -0.2) is 4.39 Å². The first kappa shape index (κ1) is 15.6. The molecule has 0 aliphatic heterocycles. The van der Waals surface area contributed by atoms with Crippen LogP contribution in [-0.2, 0) is 21.8 Å². The van der Waals surface area contributed by atoms with E-state index in [1.165, 1.54) is 0 Å². The van der Waals surface area contributed by atoms with Gasteiger partial charge in [-0.3, -0.25) is 4.79 Å². The van der Waals surface area contributed by atoms with Crippen molar-refractivity contribution in [2.24, 2.45) is 0 Å². The first-order chi connectivity index (χ1) is 8.97. The Balaban J connectivity index is 3.12. The van der Waals surface area contributed by atoms with E-state index >= 15 is 0 Å². The lowest BCUT2D eigenvalue weighted by Crippen LogP contribution is -2.13. The first-order valence-electron chi connectivity index (χ1n) is 5.45. The van der Waals surface area contributed by atoms with E-state index in [9.17, 15) is 18.0 Å². The molecule has 1 rings (SSSR count). The molecule has 0 N–H and O–H groups in total. The Labute approximate surface area is 113 Å². The minimum absolute atomic E-state index is 0.107. The molecule has 0 amide bonds. The maximum atomic E-state index is 13.2. The highest BCUT2D eigenvalue weighted by atomic mass is 35.5. The van der Waals surface area contributed by atoms with Gasteiger partial charge in [-0.2, -0.15) is 8.78 Å². The van der Waals surface area contributed by atoms with Gasteiger partial charge in [0.05, 0.1) is 13.0 Å². The molecule has 0 unspecified atom stereocenters. The summed E-state index contributed by atoms with van der Waals surface area (Å²) >= 11 is 5.61. The van der Waals surface area contributed by atoms with E-state index in [1.807, 2.05) is 0 Å². The maximum absolute atomic E-state index is 13.2. The molecule has 0 heterocycles. The van der Waals surface area contributed by atoms with Crippen LogP contribution in [-0.4, -0.2) is 19.2 Å². The van der Waals surface area contributed by atoms with Crippen molar-refractivity contribution in [2.45, 2.75) is 25.8 Å². The molecular weight excluding hydrogens is 285 g/mol. The molecule has 0 atom stereocenters. The number of carbonyl (C=O) groups is 1. The van der Waals surface area contributed by atoms with Crippen LogP contribution in [0.4, 0.5) is 13.2 Å². The molecule has 0 saturated carbocycles. The van der Waals surface area contributed by atoms with Crippen LogP contribution in [0, 0.1) is 5.82 Å². The van der Waals surface area contributed by atoms with Crippen molar-refractivity contribution in [2.75, 3.05) is 6.61 Å². The fourth-order valence-electron chi connectivity index (χ4n) is 1.54. The number of carbonyl (C=O) groups excluding carboxylic acids is 1. The highest BCUT2D eigenvalue weighted by molar-refractivity contribution is 6.17. The van der Waals surface area contributed by atoms with Crippen LogP contribution in [0.2, 0.25) is 0 Å². The van der Waals surface area contributed by atoms with Crippen molar-refractivity contribution >= 4 is 17.6 Å². The number of rotatable bonds is 6. The van der Waals surface area contributed by atoms with Crippen LogP contribution in [0.15, 0.2) is 12.1 Å². The first-order valence-corrected chi connectivity index (χ1v) is 5.99. The molecule has 19 heavy (non-hydrogen) atoms. The maximum Gasteiger partial charge on any atom is 0.387 e. The van der Waals surface area contributed by atoms with Gasteiger partial charge in [0.1, 0.15) is 11.6 Å². The Morgan fingerprint density at radius 3 is 2.63 bits per heavy atom. The van der Waals surface area contributed by atoms with Gasteiger partial charge < -0.3 is 9.47 Å². The van der Waals surface area contributed by atoms with Crippen molar-refractivity contribution < 1.29 is 27.4 Å². The number of hydrogen-bond acceptors (Lipinski definition) is 3. The summed E-state index contributed by atoms with van der Waals surface area (Å²) in [4.78, 5) is 11.4. The second kappa shape index (κ2) is 7.23. The average molecular weight is 297 g/mol. The van der Waals surface area contributed by atoms with E-state index in [2.05, 4.69) is 4.74 Å². The molecular formula is C12H12ClF3O3. The van der Waals surface area contributed by atoms with Gasteiger partial charge >= 0.3 is 12.6 Å². The second-order valence-corrected chi connectivity index (χ2v) is 3.80. The van der Waals surface area contributed by atoms with E-state index in [4.69, 9.17) is 16.3 Å². The number of benzene rings is 1. The van der Waals surface area contributed by atoms with Gasteiger partial charge in [-0.1, -0.05) is 0 Å². The molecule has 106 valence electrons. The van der Waals surface area contributed by atoms with E-state index in [-0.39, 0.29) is 30.0 Å². The zero-order valence-electron chi connectivity index (χ0n) is 10.1. The Kier molecular flexibility index (Phi) is 5.95. The quantitative estimate of drug-likeness (QED) is 0.597. The van der Waals surface area contributed by atoms with Crippen LogP contribution in [0.1, 0.15) is 18.1 Å². The van der Waals surface area contributed by atoms with Crippen LogP contribution >= 0.6 is 11.6 Å². The van der Waals surface area contributed by atoms with Crippen LogP contribution in [0.3, 0.4) is 0 Å². The molecule has 0 radical (unpaired) electrons. The lowest BCUT2D eigenvalue weighted by atomic mass is 10.0. The van der Waals surface area contributed by atoms with Gasteiger partial charge in [0.25, 0.3) is 0 Å². The molecule has 1 aromatic carbocycles. The summed E-state index contributed by atoms with van der Waals surface area (Å²) < 4.78 is 46.7. The summed E-state index contributed by atoms with van der Waals surface area (Å²) in [5, 5.41) is 0. The standard InChI is InChI=1S/C12H12ClF3O3/c1-2-18-11(17)5-9-7(6-13)3-8(14)4-10(9)19-12(15)16/h3-4,12H,2,5-6H2,1H3. The third-order valence-electron chi connectivity index (χ3n) is 2.25. The minimum Gasteiger partial charge on any atom is -0.466 e. The molecule has 0 bridgehead atoms. The highest BCUT2D eigenvalue weighted by Gasteiger charge is 2.18. The van der Waals surface area contributed by atoms with Gasteiger partial charge in [0.2, 0.25) is 0 Å². The summed E-state index contributed by atoms with van der Waals surface area (Å²) in [6, 6.07) is 1.86. The predicted molar refractivity (Wildman–Crippen MR) is 62.9 cm³/mol. The lowest BCUT2D eigenvalue weighted by Gasteiger charge is -2.14. The monoisotopic (exact) mass is 296 g/mol. The average Bonchev–Trinajstić information content (AvgIpc) is 2.31. The Bertz CT molecular complexity index is 452. The number of halogens is 4. The number of alkyl halides is 3. The predicted octanol–water partition coefficient (Wildman–Crippen LogP) is 3.27. The van der Waals surface area contributed by atoms with Crippen molar-refractivity contribution in [1.29, 1.82) is 0 Å². The molecule has 0 aromatic heterocycles. The van der Waals surface area contributed by atoms with Crippen LogP contribution < -0.4 is 4.74 Å². The number of ether oxygens (including phenoxy) is 2. The lowest BCUT2D eigenvalue weighted by molar-refractivity contribution is -0.142.